The Balaban J connectivity index is 1.72. The van der Waals surface area contributed by atoms with E-state index < -0.39 is 10.1 Å². The molecule has 1 atom stereocenters. The normalized spacial score (nSPS) is 17.8. The van der Waals surface area contributed by atoms with E-state index in [2.05, 4.69) is 22.4 Å². The molecule has 0 bridgehead atoms. The van der Waals surface area contributed by atoms with Crippen LogP contribution in [0.5, 0.6) is 5.75 Å². The van der Waals surface area contributed by atoms with Gasteiger partial charge in [-0.3, -0.25) is 4.79 Å². The number of carbonyl (C=O) groups excluding carboxylic acids is 1. The third kappa shape index (κ3) is 5.98. The Morgan fingerprint density at radius 1 is 1.16 bits per heavy atom. The number of hydrogen-bond donors (Lipinski definition) is 1. The molecule has 2 aromatic rings. The van der Waals surface area contributed by atoms with Crippen LogP contribution in [-0.2, 0) is 14.9 Å². The number of aryl methyl sites for hydroxylation is 3. The van der Waals surface area contributed by atoms with Gasteiger partial charge in [0, 0.05) is 0 Å². The summed E-state index contributed by atoms with van der Waals surface area (Å²) in [7, 11) is -3.98. The van der Waals surface area contributed by atoms with Crippen molar-refractivity contribution in [1.29, 1.82) is 0 Å². The van der Waals surface area contributed by atoms with Crippen LogP contribution >= 0.6 is 11.8 Å². The molecule has 32 heavy (non-hydrogen) atoms. The van der Waals surface area contributed by atoms with Gasteiger partial charge in [0.2, 0.25) is 5.91 Å². The fourth-order valence-electron chi connectivity index (χ4n) is 3.56. The van der Waals surface area contributed by atoms with Crippen LogP contribution in [0.15, 0.2) is 51.5 Å². The molecule has 0 aromatic heterocycles. The molecule has 1 aliphatic heterocycles. The van der Waals surface area contributed by atoms with Gasteiger partial charge in [0.15, 0.2) is 5.17 Å². The van der Waals surface area contributed by atoms with Crippen LogP contribution in [0.2, 0.25) is 0 Å². The van der Waals surface area contributed by atoms with Gasteiger partial charge in [-0.25, -0.2) is 0 Å². The van der Waals surface area contributed by atoms with E-state index in [9.17, 15) is 13.2 Å². The molecule has 7 nitrogen and oxygen atoms in total. The number of rotatable bonds is 8. The van der Waals surface area contributed by atoms with E-state index in [1.807, 2.05) is 19.1 Å². The summed E-state index contributed by atoms with van der Waals surface area (Å²) < 4.78 is 31.1. The number of amides is 1. The predicted octanol–water partition coefficient (Wildman–Crippen LogP) is 4.49. The van der Waals surface area contributed by atoms with E-state index in [-0.39, 0.29) is 21.8 Å². The van der Waals surface area contributed by atoms with Crippen molar-refractivity contribution in [1.82, 2.24) is 5.32 Å². The number of hydrogen-bond acceptors (Lipinski definition) is 7. The molecule has 1 aliphatic rings. The van der Waals surface area contributed by atoms with Crippen molar-refractivity contribution in [2.24, 2.45) is 10.2 Å². The molecular weight excluding hydrogens is 446 g/mol. The first kappa shape index (κ1) is 24.0. The molecule has 0 saturated carbocycles. The number of nitrogens with zero attached hydrogens (tertiary/aromatic N) is 2. The summed E-state index contributed by atoms with van der Waals surface area (Å²) >= 11 is 1.38. The SMILES string of the molecule is CCCCC1S/C(=N/N=C/c2cccc(OS(=O)(=O)c3c(C)cc(C)cc3C)c2)NC1=O. The summed E-state index contributed by atoms with van der Waals surface area (Å²) in [5, 5.41) is 11.2. The maximum Gasteiger partial charge on any atom is 0.339 e. The van der Waals surface area contributed by atoms with Gasteiger partial charge in [-0.2, -0.15) is 13.5 Å². The van der Waals surface area contributed by atoms with E-state index in [0.29, 0.717) is 21.9 Å². The molecular formula is C23H27N3O4S2. The summed E-state index contributed by atoms with van der Waals surface area (Å²) in [5.41, 5.74) is 2.90. The van der Waals surface area contributed by atoms with Crippen molar-refractivity contribution in [3.05, 3.63) is 58.7 Å². The molecule has 0 aliphatic carbocycles. The highest BCUT2D eigenvalue weighted by Crippen LogP contribution is 2.26. The van der Waals surface area contributed by atoms with E-state index in [0.717, 1.165) is 24.8 Å². The van der Waals surface area contributed by atoms with Gasteiger partial charge < -0.3 is 9.50 Å². The largest absolute Gasteiger partial charge is 0.379 e. The number of benzene rings is 2. The Labute approximate surface area is 193 Å². The molecule has 1 fully saturated rings. The Morgan fingerprint density at radius 2 is 1.88 bits per heavy atom. The second kappa shape index (κ2) is 10.3. The number of thioether (sulfide) groups is 1. The number of nitrogens with one attached hydrogen (secondary N) is 1. The second-order valence-electron chi connectivity index (χ2n) is 7.73. The maximum absolute atomic E-state index is 12.9. The maximum atomic E-state index is 12.9. The molecule has 3 rings (SSSR count). The topological polar surface area (TPSA) is 97.2 Å². The quantitative estimate of drug-likeness (QED) is 0.346. The first-order valence-electron chi connectivity index (χ1n) is 10.4. The number of amidine groups is 1. The molecule has 1 unspecified atom stereocenters. The van der Waals surface area contributed by atoms with Crippen LogP contribution in [0.4, 0.5) is 0 Å². The predicted molar refractivity (Wildman–Crippen MR) is 129 cm³/mol. The van der Waals surface area contributed by atoms with Crippen LogP contribution in [0, 0.1) is 20.8 Å². The second-order valence-corrected chi connectivity index (χ2v) is 10.4. The van der Waals surface area contributed by atoms with E-state index in [1.54, 1.807) is 38.1 Å². The minimum absolute atomic E-state index is 0.0419. The van der Waals surface area contributed by atoms with Crippen molar-refractivity contribution >= 4 is 39.2 Å². The van der Waals surface area contributed by atoms with Crippen molar-refractivity contribution in [2.75, 3.05) is 0 Å². The summed E-state index contributed by atoms with van der Waals surface area (Å²) in [6.07, 6.45) is 4.32. The standard InChI is InChI=1S/C23H27N3O4S2/c1-5-6-10-20-22(27)25-23(31-20)26-24-14-18-8-7-9-19(13-18)30-32(28,29)21-16(3)11-15(2)12-17(21)4/h7-9,11-14,20H,5-6,10H2,1-4H3,(H,25,26,27)/b24-14+. The molecule has 9 heteroatoms. The van der Waals surface area contributed by atoms with Gasteiger partial charge in [0.05, 0.1) is 11.5 Å². The molecule has 1 N–H and O–H groups in total. The molecule has 0 spiro atoms. The van der Waals surface area contributed by atoms with Gasteiger partial charge in [-0.05, 0) is 56.0 Å². The average Bonchev–Trinajstić information content (AvgIpc) is 3.04. The number of unbranched alkanes of at least 4 members (excludes halogenated alkanes) is 1. The first-order valence-corrected chi connectivity index (χ1v) is 12.7. The summed E-state index contributed by atoms with van der Waals surface area (Å²) in [5.74, 6) is 0.142. The van der Waals surface area contributed by atoms with Crippen molar-refractivity contribution in [2.45, 2.75) is 57.1 Å². The lowest BCUT2D eigenvalue weighted by atomic mass is 10.1. The third-order valence-electron chi connectivity index (χ3n) is 4.87. The zero-order valence-electron chi connectivity index (χ0n) is 18.6. The minimum atomic E-state index is -3.98. The summed E-state index contributed by atoms with van der Waals surface area (Å²) in [6, 6.07) is 10.2. The van der Waals surface area contributed by atoms with Gasteiger partial charge >= 0.3 is 10.1 Å². The average molecular weight is 474 g/mol. The van der Waals surface area contributed by atoms with E-state index in [4.69, 9.17) is 4.18 Å². The van der Waals surface area contributed by atoms with Crippen LogP contribution in [0.1, 0.15) is 48.4 Å². The highest BCUT2D eigenvalue weighted by atomic mass is 32.2. The van der Waals surface area contributed by atoms with Crippen molar-refractivity contribution in [3.8, 4) is 5.75 Å². The zero-order chi connectivity index (χ0) is 23.3. The lowest BCUT2D eigenvalue weighted by molar-refractivity contribution is -0.118. The lowest BCUT2D eigenvalue weighted by Gasteiger charge is -2.13. The van der Waals surface area contributed by atoms with Crippen molar-refractivity contribution in [3.63, 3.8) is 0 Å². The molecule has 1 heterocycles. The summed E-state index contributed by atoms with van der Waals surface area (Å²) in [6.45, 7) is 7.52. The Hall–Kier alpha value is -2.65. The van der Waals surface area contributed by atoms with Crippen molar-refractivity contribution < 1.29 is 17.4 Å². The van der Waals surface area contributed by atoms with E-state index >= 15 is 0 Å². The third-order valence-corrected chi connectivity index (χ3v) is 7.57. The van der Waals surface area contributed by atoms with Crippen LogP contribution in [0.25, 0.3) is 0 Å². The molecule has 1 saturated heterocycles. The van der Waals surface area contributed by atoms with Gasteiger partial charge in [-0.1, -0.05) is 61.4 Å². The Bertz CT molecular complexity index is 1150. The molecule has 0 radical (unpaired) electrons. The first-order chi connectivity index (χ1) is 15.2. The van der Waals surface area contributed by atoms with Crippen LogP contribution < -0.4 is 9.50 Å². The van der Waals surface area contributed by atoms with Crippen LogP contribution in [0.3, 0.4) is 0 Å². The van der Waals surface area contributed by atoms with Crippen LogP contribution in [-0.4, -0.2) is 31.0 Å². The van der Waals surface area contributed by atoms with Gasteiger partial charge in [0.25, 0.3) is 0 Å². The summed E-state index contributed by atoms with van der Waals surface area (Å²) in [4.78, 5) is 12.1. The highest BCUT2D eigenvalue weighted by Gasteiger charge is 2.29. The zero-order valence-corrected chi connectivity index (χ0v) is 20.2. The van der Waals surface area contributed by atoms with Gasteiger partial charge in [0.1, 0.15) is 10.6 Å². The molecule has 2 aromatic carbocycles. The number of carbonyl (C=O) groups is 1. The Kier molecular flexibility index (Phi) is 7.73. The molecule has 170 valence electrons. The van der Waals surface area contributed by atoms with E-state index in [1.165, 1.54) is 18.0 Å². The lowest BCUT2D eigenvalue weighted by Crippen LogP contribution is -2.24. The highest BCUT2D eigenvalue weighted by molar-refractivity contribution is 8.15. The fourth-order valence-corrected chi connectivity index (χ4v) is 5.88. The monoisotopic (exact) mass is 473 g/mol. The smallest absolute Gasteiger partial charge is 0.339 e. The van der Waals surface area contributed by atoms with Gasteiger partial charge in [-0.15, -0.1) is 5.10 Å². The minimum Gasteiger partial charge on any atom is -0.379 e. The Morgan fingerprint density at radius 3 is 2.56 bits per heavy atom. The fraction of sp³-hybridized carbons (Fsp3) is 0.348. The molecule has 1 amide bonds.